The summed E-state index contributed by atoms with van der Waals surface area (Å²) in [6.45, 7) is 0.139. The fourth-order valence-electron chi connectivity index (χ4n) is 3.11. The van der Waals surface area contributed by atoms with Crippen molar-refractivity contribution in [3.63, 3.8) is 0 Å². The highest BCUT2D eigenvalue weighted by Gasteiger charge is 2.42. The van der Waals surface area contributed by atoms with Crippen LogP contribution in [0.15, 0.2) is 18.2 Å². The summed E-state index contributed by atoms with van der Waals surface area (Å²) in [6.07, 6.45) is -0.153. The molecule has 25 heavy (non-hydrogen) atoms. The minimum Gasteiger partial charge on any atom is -0.480 e. The average molecular weight is 354 g/mol. The monoisotopic (exact) mass is 354 g/mol. The second-order valence-corrected chi connectivity index (χ2v) is 5.96. The molecule has 134 valence electrons. The summed E-state index contributed by atoms with van der Waals surface area (Å²) in [6, 6.07) is 1.74. The molecular weight excluding hydrogens is 338 g/mol. The molecule has 0 spiro atoms. The van der Waals surface area contributed by atoms with Crippen molar-refractivity contribution in [2.75, 3.05) is 31.2 Å². The third-order valence-corrected chi connectivity index (χ3v) is 4.37. The Bertz CT molecular complexity index is 726. The second kappa shape index (κ2) is 6.75. The lowest BCUT2D eigenvalue weighted by atomic mass is 10.1. The van der Waals surface area contributed by atoms with Crippen molar-refractivity contribution < 1.29 is 33.0 Å². The molecule has 2 amide bonds. The Labute approximate surface area is 141 Å². The fourth-order valence-corrected chi connectivity index (χ4v) is 3.11. The van der Waals surface area contributed by atoms with Crippen LogP contribution in [0.5, 0.6) is 0 Å². The largest absolute Gasteiger partial charge is 0.480 e. The highest BCUT2D eigenvalue weighted by atomic mass is 19.1. The summed E-state index contributed by atoms with van der Waals surface area (Å²) >= 11 is 0. The van der Waals surface area contributed by atoms with E-state index < -0.39 is 41.4 Å². The number of anilines is 1. The molecule has 0 unspecified atom stereocenters. The average Bonchev–Trinajstić information content (AvgIpc) is 2.96. The SMILES string of the molecule is O=C(O)[C@@H]1COCCN1C(=O)[C@H]1CC(=O)N(c2ccc(F)cc2F)C1. The van der Waals surface area contributed by atoms with Gasteiger partial charge in [0.15, 0.2) is 6.04 Å². The number of aliphatic carboxylic acids is 1. The number of rotatable bonds is 3. The van der Waals surface area contributed by atoms with Crippen molar-refractivity contribution in [3.8, 4) is 0 Å². The number of carboxylic acid groups (broad SMARTS) is 1. The summed E-state index contributed by atoms with van der Waals surface area (Å²) in [5.74, 6) is -4.57. The molecule has 0 bridgehead atoms. The van der Waals surface area contributed by atoms with E-state index in [0.717, 1.165) is 17.0 Å². The van der Waals surface area contributed by atoms with E-state index in [1.54, 1.807) is 0 Å². The van der Waals surface area contributed by atoms with E-state index in [9.17, 15) is 28.3 Å². The van der Waals surface area contributed by atoms with Crippen molar-refractivity contribution in [3.05, 3.63) is 29.8 Å². The molecule has 1 aromatic rings. The van der Waals surface area contributed by atoms with Crippen LogP contribution in [0, 0.1) is 17.6 Å². The fraction of sp³-hybridized carbons (Fsp3) is 0.438. The zero-order valence-electron chi connectivity index (χ0n) is 13.2. The van der Waals surface area contributed by atoms with Crippen LogP contribution in [0.4, 0.5) is 14.5 Å². The number of nitrogens with zero attached hydrogens (tertiary/aromatic N) is 2. The van der Waals surface area contributed by atoms with Crippen molar-refractivity contribution in [1.82, 2.24) is 4.90 Å². The van der Waals surface area contributed by atoms with Gasteiger partial charge in [0.25, 0.3) is 0 Å². The molecule has 3 rings (SSSR count). The number of amides is 2. The third-order valence-electron chi connectivity index (χ3n) is 4.37. The van der Waals surface area contributed by atoms with Crippen molar-refractivity contribution in [2.45, 2.75) is 12.5 Å². The van der Waals surface area contributed by atoms with Crippen LogP contribution in [-0.2, 0) is 19.1 Å². The first-order chi connectivity index (χ1) is 11.9. The lowest BCUT2D eigenvalue weighted by Crippen LogP contribution is -2.54. The lowest BCUT2D eigenvalue weighted by Gasteiger charge is -2.34. The molecule has 2 aliphatic rings. The number of carboxylic acids is 1. The Kier molecular flexibility index (Phi) is 4.67. The number of carbonyl (C=O) groups excluding carboxylic acids is 2. The smallest absolute Gasteiger partial charge is 0.328 e. The molecule has 1 N–H and O–H groups in total. The molecular formula is C16H16F2N2O5. The van der Waals surface area contributed by atoms with Gasteiger partial charge in [0.2, 0.25) is 11.8 Å². The molecule has 0 radical (unpaired) electrons. The van der Waals surface area contributed by atoms with Gasteiger partial charge in [0.05, 0.1) is 24.8 Å². The number of hydrogen-bond donors (Lipinski definition) is 1. The van der Waals surface area contributed by atoms with Crippen molar-refractivity contribution in [1.29, 1.82) is 0 Å². The highest BCUT2D eigenvalue weighted by Crippen LogP contribution is 2.29. The van der Waals surface area contributed by atoms with E-state index in [1.807, 2.05) is 0 Å². The van der Waals surface area contributed by atoms with Gasteiger partial charge < -0.3 is 19.6 Å². The van der Waals surface area contributed by atoms with Crippen LogP contribution in [0.25, 0.3) is 0 Å². The molecule has 0 aliphatic carbocycles. The van der Waals surface area contributed by atoms with E-state index in [2.05, 4.69) is 0 Å². The summed E-state index contributed by atoms with van der Waals surface area (Å²) in [5, 5.41) is 9.21. The van der Waals surface area contributed by atoms with Crippen LogP contribution in [0.2, 0.25) is 0 Å². The van der Waals surface area contributed by atoms with Crippen LogP contribution in [0.1, 0.15) is 6.42 Å². The Hall–Kier alpha value is -2.55. The van der Waals surface area contributed by atoms with Crippen LogP contribution < -0.4 is 4.90 Å². The zero-order chi connectivity index (χ0) is 18.1. The maximum Gasteiger partial charge on any atom is 0.328 e. The van der Waals surface area contributed by atoms with Crippen LogP contribution in [0.3, 0.4) is 0 Å². The van der Waals surface area contributed by atoms with Gasteiger partial charge in [-0.2, -0.15) is 0 Å². The molecule has 2 fully saturated rings. The molecule has 2 saturated heterocycles. The quantitative estimate of drug-likeness (QED) is 0.860. The maximum atomic E-state index is 13.9. The predicted molar refractivity (Wildman–Crippen MR) is 80.8 cm³/mol. The van der Waals surface area contributed by atoms with E-state index in [4.69, 9.17) is 4.74 Å². The number of ether oxygens (including phenoxy) is 1. The van der Waals surface area contributed by atoms with E-state index >= 15 is 0 Å². The Morgan fingerprint density at radius 2 is 2.04 bits per heavy atom. The van der Waals surface area contributed by atoms with Crippen molar-refractivity contribution in [2.24, 2.45) is 5.92 Å². The first kappa shape index (κ1) is 17.3. The van der Waals surface area contributed by atoms with Gasteiger partial charge in [-0.15, -0.1) is 0 Å². The van der Waals surface area contributed by atoms with Gasteiger partial charge >= 0.3 is 5.97 Å². The summed E-state index contributed by atoms with van der Waals surface area (Å²) in [5.41, 5.74) is -0.0986. The number of carbonyl (C=O) groups is 3. The van der Waals surface area contributed by atoms with E-state index in [-0.39, 0.29) is 38.4 Å². The summed E-state index contributed by atoms with van der Waals surface area (Å²) in [4.78, 5) is 38.4. The molecule has 0 aromatic heterocycles. The second-order valence-electron chi connectivity index (χ2n) is 5.96. The third kappa shape index (κ3) is 3.32. The Morgan fingerprint density at radius 3 is 2.72 bits per heavy atom. The van der Waals surface area contributed by atoms with Gasteiger partial charge in [-0.3, -0.25) is 9.59 Å². The Balaban J connectivity index is 1.77. The Morgan fingerprint density at radius 1 is 1.28 bits per heavy atom. The molecule has 0 saturated carbocycles. The molecule has 1 aromatic carbocycles. The van der Waals surface area contributed by atoms with Gasteiger partial charge in [-0.25, -0.2) is 13.6 Å². The molecule has 2 atom stereocenters. The minimum atomic E-state index is -1.18. The lowest BCUT2D eigenvalue weighted by molar-refractivity contribution is -0.160. The van der Waals surface area contributed by atoms with E-state index in [1.165, 1.54) is 4.90 Å². The standard InChI is InChI=1S/C16H16F2N2O5/c17-10-1-2-12(11(18)6-10)20-7-9(5-14(20)21)15(22)19-3-4-25-8-13(19)16(23)24/h1-2,6,9,13H,3-5,7-8H2,(H,23,24)/t9-,13-/m0/s1. The van der Waals surface area contributed by atoms with Crippen LogP contribution in [-0.4, -0.2) is 60.1 Å². The molecule has 2 heterocycles. The topological polar surface area (TPSA) is 87.1 Å². The molecule has 2 aliphatic heterocycles. The van der Waals surface area contributed by atoms with Crippen LogP contribution >= 0.6 is 0 Å². The number of hydrogen-bond acceptors (Lipinski definition) is 4. The minimum absolute atomic E-state index is 0.0794. The first-order valence-corrected chi connectivity index (χ1v) is 7.75. The number of morpholine rings is 1. The summed E-state index contributed by atoms with van der Waals surface area (Å²) in [7, 11) is 0. The zero-order valence-corrected chi connectivity index (χ0v) is 13.2. The first-order valence-electron chi connectivity index (χ1n) is 7.75. The van der Waals surface area contributed by atoms with E-state index in [0.29, 0.717) is 6.07 Å². The normalized spacial score (nSPS) is 23.8. The van der Waals surface area contributed by atoms with Gasteiger partial charge in [0, 0.05) is 25.6 Å². The maximum absolute atomic E-state index is 13.9. The van der Waals surface area contributed by atoms with Gasteiger partial charge in [-0.1, -0.05) is 0 Å². The van der Waals surface area contributed by atoms with Gasteiger partial charge in [-0.05, 0) is 12.1 Å². The number of halogens is 2. The number of benzene rings is 1. The highest BCUT2D eigenvalue weighted by molar-refractivity contribution is 6.01. The summed E-state index contributed by atoms with van der Waals surface area (Å²) < 4.78 is 32.0. The van der Waals surface area contributed by atoms with Gasteiger partial charge in [0.1, 0.15) is 11.6 Å². The predicted octanol–water partition coefficient (Wildman–Crippen LogP) is 0.630. The van der Waals surface area contributed by atoms with Crippen molar-refractivity contribution >= 4 is 23.5 Å². The molecule has 7 nitrogen and oxygen atoms in total. The molecule has 9 heteroatoms.